The minimum atomic E-state index is -0.778. The van der Waals surface area contributed by atoms with Crippen LogP contribution in [0.2, 0.25) is 5.02 Å². The molecule has 1 heterocycles. The summed E-state index contributed by atoms with van der Waals surface area (Å²) < 4.78 is 10.7. The van der Waals surface area contributed by atoms with E-state index in [1.165, 1.54) is 4.90 Å². The summed E-state index contributed by atoms with van der Waals surface area (Å²) in [7, 11) is 0. The lowest BCUT2D eigenvalue weighted by molar-refractivity contribution is -0.133. The van der Waals surface area contributed by atoms with Gasteiger partial charge < -0.3 is 25.4 Å². The van der Waals surface area contributed by atoms with Crippen molar-refractivity contribution in [1.29, 1.82) is 0 Å². The summed E-state index contributed by atoms with van der Waals surface area (Å²) in [6, 6.07) is 4.67. The summed E-state index contributed by atoms with van der Waals surface area (Å²) in [5.74, 6) is -0.0273. The van der Waals surface area contributed by atoms with Crippen LogP contribution in [0.25, 0.3) is 0 Å². The molecule has 1 atom stereocenters. The molecular formula is C15H20ClN3O4. The highest BCUT2D eigenvalue weighted by molar-refractivity contribution is 6.32. The highest BCUT2D eigenvalue weighted by atomic mass is 35.5. The quantitative estimate of drug-likeness (QED) is 0.873. The van der Waals surface area contributed by atoms with Crippen LogP contribution in [0.5, 0.6) is 5.75 Å². The molecule has 7 nitrogen and oxygen atoms in total. The third kappa shape index (κ3) is 4.74. The van der Waals surface area contributed by atoms with Crippen LogP contribution in [0.4, 0.5) is 10.5 Å². The normalized spacial score (nSPS) is 17.9. The van der Waals surface area contributed by atoms with E-state index >= 15 is 0 Å². The van der Waals surface area contributed by atoms with Gasteiger partial charge in [-0.2, -0.15) is 0 Å². The molecule has 0 saturated carbocycles. The molecule has 0 bridgehead atoms. The van der Waals surface area contributed by atoms with Gasteiger partial charge in [0.25, 0.3) is 0 Å². The number of nitrogens with two attached hydrogens (primary N) is 1. The average molecular weight is 342 g/mol. The number of urea groups is 1. The van der Waals surface area contributed by atoms with Gasteiger partial charge in [-0.15, -0.1) is 0 Å². The number of carbonyl (C=O) groups is 2. The molecule has 1 aliphatic rings. The monoisotopic (exact) mass is 341 g/mol. The lowest BCUT2D eigenvalue weighted by atomic mass is 10.2. The fraction of sp³-hybridized carbons (Fsp3) is 0.467. The Morgan fingerprint density at radius 3 is 2.83 bits per heavy atom. The number of primary amides is 1. The number of carbonyl (C=O) groups excluding carboxylic acids is 2. The summed E-state index contributed by atoms with van der Waals surface area (Å²) in [6.07, 6.45) is -0.771. The molecule has 1 aromatic rings. The summed E-state index contributed by atoms with van der Waals surface area (Å²) in [6.45, 7) is 4.59. The minimum absolute atomic E-state index is 0.00650. The van der Waals surface area contributed by atoms with Crippen molar-refractivity contribution in [2.75, 3.05) is 25.0 Å². The van der Waals surface area contributed by atoms with Gasteiger partial charge in [-0.1, -0.05) is 11.6 Å². The maximum absolute atomic E-state index is 12.2. The molecule has 3 amide bonds. The highest BCUT2D eigenvalue weighted by Crippen LogP contribution is 2.28. The van der Waals surface area contributed by atoms with E-state index in [-0.39, 0.29) is 25.3 Å². The topological polar surface area (TPSA) is 93.9 Å². The number of nitrogens with one attached hydrogen (secondary N) is 1. The van der Waals surface area contributed by atoms with Gasteiger partial charge in [-0.25, -0.2) is 4.79 Å². The fourth-order valence-corrected chi connectivity index (χ4v) is 2.36. The first-order chi connectivity index (χ1) is 10.9. The van der Waals surface area contributed by atoms with Crippen molar-refractivity contribution < 1.29 is 19.1 Å². The SMILES string of the molecule is CC(C)Oc1ccc(NC(=O)N2CCOC(C(N)=O)C2)cc1Cl. The molecule has 23 heavy (non-hydrogen) atoms. The number of ether oxygens (including phenoxy) is 2. The lowest BCUT2D eigenvalue weighted by Gasteiger charge is -2.31. The van der Waals surface area contributed by atoms with Gasteiger partial charge in [0.05, 0.1) is 24.3 Å². The Balaban J connectivity index is 2.00. The number of amides is 3. The van der Waals surface area contributed by atoms with E-state index in [1.54, 1.807) is 18.2 Å². The van der Waals surface area contributed by atoms with Crippen molar-refractivity contribution in [3.8, 4) is 5.75 Å². The van der Waals surface area contributed by atoms with Crippen LogP contribution in [0.3, 0.4) is 0 Å². The van der Waals surface area contributed by atoms with E-state index in [0.717, 1.165) is 0 Å². The Morgan fingerprint density at radius 1 is 1.48 bits per heavy atom. The second-order valence-electron chi connectivity index (χ2n) is 5.45. The Kier molecular flexibility index (Phi) is 5.68. The van der Waals surface area contributed by atoms with E-state index in [4.69, 9.17) is 26.8 Å². The van der Waals surface area contributed by atoms with Crippen LogP contribution < -0.4 is 15.8 Å². The van der Waals surface area contributed by atoms with Gasteiger partial charge in [0.15, 0.2) is 6.10 Å². The predicted molar refractivity (Wildman–Crippen MR) is 86.7 cm³/mol. The minimum Gasteiger partial charge on any atom is -0.489 e. The summed E-state index contributed by atoms with van der Waals surface area (Å²) in [5, 5.41) is 3.14. The maximum Gasteiger partial charge on any atom is 0.322 e. The average Bonchev–Trinajstić information content (AvgIpc) is 2.49. The Bertz CT molecular complexity index is 594. The van der Waals surface area contributed by atoms with Crippen LogP contribution in [-0.4, -0.2) is 48.7 Å². The number of nitrogens with zero attached hydrogens (tertiary/aromatic N) is 1. The molecule has 1 aromatic carbocycles. The molecule has 0 spiro atoms. The van der Waals surface area contributed by atoms with Gasteiger partial charge in [-0.3, -0.25) is 4.79 Å². The number of hydrogen-bond acceptors (Lipinski definition) is 4. The van der Waals surface area contributed by atoms with Crippen molar-refractivity contribution in [3.63, 3.8) is 0 Å². The third-order valence-electron chi connectivity index (χ3n) is 3.22. The summed E-state index contributed by atoms with van der Waals surface area (Å²) in [4.78, 5) is 24.9. The zero-order valence-corrected chi connectivity index (χ0v) is 13.8. The van der Waals surface area contributed by atoms with E-state index in [1.807, 2.05) is 13.8 Å². The smallest absolute Gasteiger partial charge is 0.322 e. The molecule has 0 aromatic heterocycles. The van der Waals surface area contributed by atoms with Gasteiger partial charge >= 0.3 is 6.03 Å². The van der Waals surface area contributed by atoms with Gasteiger partial charge in [0, 0.05) is 12.2 Å². The van der Waals surface area contributed by atoms with Crippen LogP contribution in [-0.2, 0) is 9.53 Å². The zero-order chi connectivity index (χ0) is 17.0. The Hall–Kier alpha value is -1.99. The number of morpholine rings is 1. The molecule has 126 valence electrons. The van der Waals surface area contributed by atoms with Crippen LogP contribution >= 0.6 is 11.6 Å². The van der Waals surface area contributed by atoms with Crippen molar-refractivity contribution in [2.45, 2.75) is 26.1 Å². The lowest BCUT2D eigenvalue weighted by Crippen LogP contribution is -2.51. The number of benzene rings is 1. The first-order valence-corrected chi connectivity index (χ1v) is 7.67. The van der Waals surface area contributed by atoms with Crippen molar-refractivity contribution in [1.82, 2.24) is 4.90 Å². The fourth-order valence-electron chi connectivity index (χ4n) is 2.14. The molecule has 0 radical (unpaired) electrons. The number of halogens is 1. The van der Waals surface area contributed by atoms with E-state index in [2.05, 4.69) is 5.32 Å². The number of anilines is 1. The Morgan fingerprint density at radius 2 is 2.22 bits per heavy atom. The largest absolute Gasteiger partial charge is 0.489 e. The molecule has 8 heteroatoms. The second-order valence-corrected chi connectivity index (χ2v) is 5.86. The van der Waals surface area contributed by atoms with Crippen LogP contribution in [0.15, 0.2) is 18.2 Å². The molecule has 0 aliphatic carbocycles. The zero-order valence-electron chi connectivity index (χ0n) is 13.0. The molecule has 1 aliphatic heterocycles. The summed E-state index contributed by atoms with van der Waals surface area (Å²) in [5.41, 5.74) is 5.74. The molecule has 1 unspecified atom stereocenters. The highest BCUT2D eigenvalue weighted by Gasteiger charge is 2.27. The molecule has 2 rings (SSSR count). The molecule has 3 N–H and O–H groups in total. The van der Waals surface area contributed by atoms with Gasteiger partial charge in [0.1, 0.15) is 5.75 Å². The third-order valence-corrected chi connectivity index (χ3v) is 3.51. The first-order valence-electron chi connectivity index (χ1n) is 7.30. The van der Waals surface area contributed by atoms with Gasteiger partial charge in [0.2, 0.25) is 5.91 Å². The molecular weight excluding hydrogens is 322 g/mol. The molecule has 1 fully saturated rings. The summed E-state index contributed by atoms with van der Waals surface area (Å²) >= 11 is 6.14. The Labute approximate surface area is 139 Å². The first kappa shape index (κ1) is 17.4. The maximum atomic E-state index is 12.2. The van der Waals surface area contributed by atoms with E-state index in [0.29, 0.717) is 23.0 Å². The predicted octanol–water partition coefficient (Wildman–Crippen LogP) is 1.85. The standard InChI is InChI=1S/C15H20ClN3O4/c1-9(2)23-12-4-3-10(7-11(12)16)18-15(21)19-5-6-22-13(8-19)14(17)20/h3-4,7,9,13H,5-6,8H2,1-2H3,(H2,17,20)(H,18,21). The van der Waals surface area contributed by atoms with Crippen molar-refractivity contribution >= 4 is 29.2 Å². The van der Waals surface area contributed by atoms with E-state index < -0.39 is 12.0 Å². The molecule has 1 saturated heterocycles. The van der Waals surface area contributed by atoms with Crippen LogP contribution in [0.1, 0.15) is 13.8 Å². The van der Waals surface area contributed by atoms with Crippen molar-refractivity contribution in [2.24, 2.45) is 5.73 Å². The number of hydrogen-bond donors (Lipinski definition) is 2. The second kappa shape index (κ2) is 7.52. The van der Waals surface area contributed by atoms with Crippen molar-refractivity contribution in [3.05, 3.63) is 23.2 Å². The number of rotatable bonds is 4. The van der Waals surface area contributed by atoms with Gasteiger partial charge in [-0.05, 0) is 32.0 Å². The van der Waals surface area contributed by atoms with Crippen LogP contribution in [0, 0.1) is 0 Å². The van der Waals surface area contributed by atoms with E-state index in [9.17, 15) is 9.59 Å².